The summed E-state index contributed by atoms with van der Waals surface area (Å²) in [5.74, 6) is -0.134. The number of carbonyl (C=O) groups excluding carboxylic acids is 2. The molecule has 1 aliphatic carbocycles. The molecule has 0 saturated carbocycles. The van der Waals surface area contributed by atoms with Crippen LogP contribution < -0.4 is 0 Å². The van der Waals surface area contributed by atoms with Gasteiger partial charge in [0.1, 0.15) is 0 Å². The van der Waals surface area contributed by atoms with Crippen molar-refractivity contribution in [2.75, 3.05) is 0 Å². The Kier molecular flexibility index (Phi) is 2.46. The first-order chi connectivity index (χ1) is 8.22. The Hall–Kier alpha value is -1.64. The van der Waals surface area contributed by atoms with Gasteiger partial charge in [-0.25, -0.2) is 0 Å². The molecule has 3 heteroatoms. The van der Waals surface area contributed by atoms with Crippen LogP contribution >= 0.6 is 0 Å². The second-order valence-electron chi connectivity index (χ2n) is 4.95. The highest BCUT2D eigenvalue weighted by Gasteiger charge is 2.35. The lowest BCUT2D eigenvalue weighted by atomic mass is 9.83. The first-order valence-electron chi connectivity index (χ1n) is 6.02. The van der Waals surface area contributed by atoms with Crippen LogP contribution in [0.5, 0.6) is 0 Å². The minimum Gasteiger partial charge on any atom is -0.393 e. The highest BCUT2D eigenvalue weighted by molar-refractivity contribution is 5.88. The Morgan fingerprint density at radius 2 is 1.29 bits per heavy atom. The summed E-state index contributed by atoms with van der Waals surface area (Å²) in [4.78, 5) is 22.5. The number of rotatable bonds is 1. The number of ether oxygens (including phenoxy) is 1. The largest absolute Gasteiger partial charge is 0.393 e. The van der Waals surface area contributed by atoms with Gasteiger partial charge in [0, 0.05) is 12.8 Å². The van der Waals surface area contributed by atoms with Crippen molar-refractivity contribution < 1.29 is 14.3 Å². The number of carbonyl (C=O) groups is 2. The average molecular weight is 230 g/mol. The Labute approximate surface area is 99.8 Å². The molecule has 1 aromatic rings. The molecule has 2 aliphatic rings. The van der Waals surface area contributed by atoms with Crippen molar-refractivity contribution in [1.29, 1.82) is 0 Å². The fourth-order valence-corrected chi connectivity index (χ4v) is 2.97. The number of esters is 2. The maximum atomic E-state index is 11.3. The van der Waals surface area contributed by atoms with Crippen LogP contribution in [0.4, 0.5) is 0 Å². The molecule has 0 radical (unpaired) electrons. The Balaban J connectivity index is 1.76. The number of hydrogen-bond acceptors (Lipinski definition) is 3. The standard InChI is InChI=1S/C14H14O3/c15-13-7-12(8-14(16)17-13)11-5-9-3-1-2-4-10(9)6-11/h1-4,11-12H,5-8H2. The Bertz CT molecular complexity index is 437. The molecule has 0 amide bonds. The molecule has 1 saturated heterocycles. The highest BCUT2D eigenvalue weighted by Crippen LogP contribution is 2.36. The van der Waals surface area contributed by atoms with Crippen LogP contribution in [0, 0.1) is 11.8 Å². The smallest absolute Gasteiger partial charge is 0.313 e. The quantitative estimate of drug-likeness (QED) is 0.546. The summed E-state index contributed by atoms with van der Waals surface area (Å²) in [6, 6.07) is 8.36. The summed E-state index contributed by atoms with van der Waals surface area (Å²) in [6.07, 6.45) is 2.76. The molecule has 88 valence electrons. The molecule has 0 N–H and O–H groups in total. The molecule has 1 heterocycles. The molecule has 0 aromatic heterocycles. The van der Waals surface area contributed by atoms with Gasteiger partial charge in [0.2, 0.25) is 0 Å². The minimum absolute atomic E-state index is 0.163. The Morgan fingerprint density at radius 3 is 1.82 bits per heavy atom. The summed E-state index contributed by atoms with van der Waals surface area (Å²) < 4.78 is 4.58. The van der Waals surface area contributed by atoms with E-state index in [0.717, 1.165) is 12.8 Å². The lowest BCUT2D eigenvalue weighted by Gasteiger charge is -2.25. The van der Waals surface area contributed by atoms with Gasteiger partial charge >= 0.3 is 11.9 Å². The van der Waals surface area contributed by atoms with Crippen molar-refractivity contribution in [3.05, 3.63) is 35.4 Å². The maximum Gasteiger partial charge on any atom is 0.313 e. The first-order valence-corrected chi connectivity index (χ1v) is 6.02. The molecule has 0 spiro atoms. The van der Waals surface area contributed by atoms with Crippen molar-refractivity contribution in [3.63, 3.8) is 0 Å². The number of benzene rings is 1. The zero-order valence-electron chi connectivity index (χ0n) is 9.52. The fraction of sp³-hybridized carbons (Fsp3) is 0.429. The number of hydrogen-bond donors (Lipinski definition) is 0. The average Bonchev–Trinajstić information content (AvgIpc) is 2.71. The van der Waals surface area contributed by atoms with E-state index < -0.39 is 0 Å². The molecular formula is C14H14O3. The molecule has 17 heavy (non-hydrogen) atoms. The second-order valence-corrected chi connectivity index (χ2v) is 4.95. The van der Waals surface area contributed by atoms with Gasteiger partial charge in [-0.05, 0) is 35.8 Å². The first kappa shape index (κ1) is 10.5. The van der Waals surface area contributed by atoms with Crippen LogP contribution in [0.1, 0.15) is 24.0 Å². The van der Waals surface area contributed by atoms with Gasteiger partial charge in [0.25, 0.3) is 0 Å². The molecule has 1 aromatic carbocycles. The fourth-order valence-electron chi connectivity index (χ4n) is 2.97. The van der Waals surface area contributed by atoms with Crippen LogP contribution in [0.2, 0.25) is 0 Å². The molecule has 0 bridgehead atoms. The predicted octanol–water partition coefficient (Wildman–Crippen LogP) is 1.88. The van der Waals surface area contributed by atoms with E-state index in [0.29, 0.717) is 18.8 Å². The monoisotopic (exact) mass is 230 g/mol. The number of fused-ring (bicyclic) bond motifs is 1. The normalized spacial score (nSPS) is 21.4. The zero-order chi connectivity index (χ0) is 11.8. The third-order valence-electron chi connectivity index (χ3n) is 3.83. The summed E-state index contributed by atoms with van der Waals surface area (Å²) in [5, 5.41) is 0. The Morgan fingerprint density at radius 1 is 0.824 bits per heavy atom. The van der Waals surface area contributed by atoms with Gasteiger partial charge in [-0.15, -0.1) is 0 Å². The van der Waals surface area contributed by atoms with E-state index in [4.69, 9.17) is 0 Å². The van der Waals surface area contributed by atoms with Gasteiger partial charge in [0.05, 0.1) is 0 Å². The van der Waals surface area contributed by atoms with Crippen LogP contribution in [0.15, 0.2) is 24.3 Å². The van der Waals surface area contributed by atoms with Crippen LogP contribution in [-0.4, -0.2) is 11.9 Å². The van der Waals surface area contributed by atoms with E-state index >= 15 is 0 Å². The highest BCUT2D eigenvalue weighted by atomic mass is 16.6. The van der Waals surface area contributed by atoms with Crippen molar-refractivity contribution in [1.82, 2.24) is 0 Å². The van der Waals surface area contributed by atoms with Gasteiger partial charge in [0.15, 0.2) is 0 Å². The van der Waals surface area contributed by atoms with Crippen molar-refractivity contribution in [2.24, 2.45) is 11.8 Å². The summed E-state index contributed by atoms with van der Waals surface area (Å²) in [6.45, 7) is 0. The topological polar surface area (TPSA) is 43.4 Å². The van der Waals surface area contributed by atoms with Crippen LogP contribution in [0.3, 0.4) is 0 Å². The van der Waals surface area contributed by atoms with E-state index in [9.17, 15) is 9.59 Å². The minimum atomic E-state index is -0.359. The van der Waals surface area contributed by atoms with Gasteiger partial charge in [-0.3, -0.25) is 9.59 Å². The molecule has 3 nitrogen and oxygen atoms in total. The lowest BCUT2D eigenvalue weighted by Crippen LogP contribution is -2.30. The van der Waals surface area contributed by atoms with E-state index in [1.54, 1.807) is 0 Å². The second kappa shape index (κ2) is 3.99. The molecule has 0 unspecified atom stereocenters. The van der Waals surface area contributed by atoms with Crippen LogP contribution in [0.25, 0.3) is 0 Å². The van der Waals surface area contributed by atoms with E-state index in [1.165, 1.54) is 11.1 Å². The molecule has 1 aliphatic heterocycles. The summed E-state index contributed by atoms with van der Waals surface area (Å²) in [7, 11) is 0. The van der Waals surface area contributed by atoms with Crippen molar-refractivity contribution in [3.8, 4) is 0 Å². The molecule has 0 atom stereocenters. The van der Waals surface area contributed by atoms with Gasteiger partial charge < -0.3 is 4.74 Å². The number of cyclic esters (lactones) is 2. The summed E-state index contributed by atoms with van der Waals surface area (Å²) >= 11 is 0. The van der Waals surface area contributed by atoms with E-state index in [2.05, 4.69) is 16.9 Å². The van der Waals surface area contributed by atoms with Crippen LogP contribution in [-0.2, 0) is 27.2 Å². The SMILES string of the molecule is O=C1CC(C2Cc3ccccc3C2)CC(=O)O1. The van der Waals surface area contributed by atoms with Crippen molar-refractivity contribution >= 4 is 11.9 Å². The zero-order valence-corrected chi connectivity index (χ0v) is 9.52. The van der Waals surface area contributed by atoms with Crippen molar-refractivity contribution in [2.45, 2.75) is 25.7 Å². The van der Waals surface area contributed by atoms with E-state index in [1.807, 2.05) is 12.1 Å². The van der Waals surface area contributed by atoms with Gasteiger partial charge in [-0.1, -0.05) is 24.3 Å². The molecule has 3 rings (SSSR count). The molecular weight excluding hydrogens is 216 g/mol. The third kappa shape index (κ3) is 1.97. The lowest BCUT2D eigenvalue weighted by molar-refractivity contribution is -0.166. The van der Waals surface area contributed by atoms with E-state index in [-0.39, 0.29) is 17.9 Å². The molecule has 1 fully saturated rings. The maximum absolute atomic E-state index is 11.3. The predicted molar refractivity (Wildman–Crippen MR) is 61.2 cm³/mol. The third-order valence-corrected chi connectivity index (χ3v) is 3.83. The summed E-state index contributed by atoms with van der Waals surface area (Å²) in [5.41, 5.74) is 2.73. The van der Waals surface area contributed by atoms with Gasteiger partial charge in [-0.2, -0.15) is 0 Å².